The quantitative estimate of drug-likeness (QED) is 0.348. The summed E-state index contributed by atoms with van der Waals surface area (Å²) in [6, 6.07) is 6.82. The second kappa shape index (κ2) is 12.6. The van der Waals surface area contributed by atoms with Crippen molar-refractivity contribution in [3.8, 4) is 11.8 Å². The number of aryl methyl sites for hydroxylation is 1. The van der Waals surface area contributed by atoms with Gasteiger partial charge in [0.15, 0.2) is 0 Å². The fraction of sp³-hybridized carbons (Fsp3) is 0.483. The van der Waals surface area contributed by atoms with E-state index in [9.17, 15) is 14.4 Å². The number of ether oxygens (including phenoxy) is 2. The maximum atomic E-state index is 13.7. The van der Waals surface area contributed by atoms with Gasteiger partial charge in [0.05, 0.1) is 18.8 Å². The number of rotatable bonds is 7. The molecule has 2 heterocycles. The molecule has 1 aromatic carbocycles. The molecule has 0 radical (unpaired) electrons. The van der Waals surface area contributed by atoms with Crippen molar-refractivity contribution in [1.29, 1.82) is 0 Å². The molecule has 1 aliphatic rings. The zero-order chi connectivity index (χ0) is 28.8. The first-order chi connectivity index (χ1) is 18.3. The average molecular weight is 555 g/mol. The number of urea groups is 1. The summed E-state index contributed by atoms with van der Waals surface area (Å²) in [5.74, 6) is 5.55. The molecule has 0 bridgehead atoms. The van der Waals surface area contributed by atoms with Crippen LogP contribution in [-0.4, -0.2) is 68.3 Å². The molecule has 1 aliphatic heterocycles. The number of piperazine rings is 1. The Morgan fingerprint density at radius 1 is 1.18 bits per heavy atom. The van der Waals surface area contributed by atoms with E-state index in [1.807, 2.05) is 39.8 Å². The number of hydrogen-bond donors (Lipinski definition) is 3. The van der Waals surface area contributed by atoms with Crippen LogP contribution in [0, 0.1) is 18.8 Å². The summed E-state index contributed by atoms with van der Waals surface area (Å²) in [6.45, 7) is 13.6. The molecule has 4 amide bonds. The average Bonchev–Trinajstić information content (AvgIpc) is 3.28. The Kier molecular flexibility index (Phi) is 9.78. The zero-order valence-electron chi connectivity index (χ0n) is 23.7. The number of nitrogens with one attached hydrogen (secondary N) is 3. The van der Waals surface area contributed by atoms with E-state index in [2.05, 4.69) is 27.8 Å². The second-order valence-electron chi connectivity index (χ2n) is 10.8. The minimum atomic E-state index is -1.01. The molecule has 1 fully saturated rings. The molecule has 3 N–H and O–H groups in total. The van der Waals surface area contributed by atoms with Gasteiger partial charge in [-0.15, -0.1) is 11.3 Å². The van der Waals surface area contributed by atoms with Crippen LogP contribution in [0.5, 0.6) is 0 Å². The Hall–Kier alpha value is -3.39. The van der Waals surface area contributed by atoms with Crippen molar-refractivity contribution < 1.29 is 23.9 Å². The summed E-state index contributed by atoms with van der Waals surface area (Å²) < 4.78 is 10.3. The molecule has 1 saturated heterocycles. The fourth-order valence-corrected chi connectivity index (χ4v) is 5.01. The van der Waals surface area contributed by atoms with Gasteiger partial charge >= 0.3 is 6.03 Å². The first-order valence-corrected chi connectivity index (χ1v) is 13.6. The number of hydrogen-bond acceptors (Lipinski definition) is 6. The van der Waals surface area contributed by atoms with Crippen LogP contribution in [0.1, 0.15) is 61.0 Å². The number of amides is 4. The minimum absolute atomic E-state index is 0.208. The summed E-state index contributed by atoms with van der Waals surface area (Å²) in [4.78, 5) is 41.7. The lowest BCUT2D eigenvalue weighted by Crippen LogP contribution is -2.63. The Bertz CT molecular complexity index is 1280. The molecule has 0 unspecified atom stereocenters. The lowest BCUT2D eigenvalue weighted by molar-refractivity contribution is -0.133. The molecule has 3 rings (SSSR count). The molecule has 1 aromatic heterocycles. The maximum absolute atomic E-state index is 13.7. The summed E-state index contributed by atoms with van der Waals surface area (Å²) in [6.07, 6.45) is 0. The van der Waals surface area contributed by atoms with Crippen LogP contribution in [0.15, 0.2) is 24.3 Å². The lowest BCUT2D eigenvalue weighted by Gasteiger charge is -2.41. The number of nitrogens with zero attached hydrogens (tertiary/aromatic N) is 1. The van der Waals surface area contributed by atoms with E-state index in [-0.39, 0.29) is 23.8 Å². The van der Waals surface area contributed by atoms with E-state index < -0.39 is 11.6 Å². The normalized spacial score (nSPS) is 14.7. The number of anilines is 2. The zero-order valence-corrected chi connectivity index (χ0v) is 24.6. The Morgan fingerprint density at radius 3 is 2.62 bits per heavy atom. The van der Waals surface area contributed by atoms with E-state index in [1.165, 1.54) is 11.3 Å². The van der Waals surface area contributed by atoms with Crippen LogP contribution in [0.2, 0.25) is 0 Å². The molecule has 10 heteroatoms. The van der Waals surface area contributed by atoms with Gasteiger partial charge in [0, 0.05) is 36.3 Å². The largest absolute Gasteiger partial charge is 0.382 e. The van der Waals surface area contributed by atoms with Crippen LogP contribution < -0.4 is 16.0 Å². The molecule has 39 heavy (non-hydrogen) atoms. The number of benzene rings is 1. The van der Waals surface area contributed by atoms with Crippen LogP contribution >= 0.6 is 11.3 Å². The van der Waals surface area contributed by atoms with Crippen molar-refractivity contribution >= 4 is 39.9 Å². The Balaban J connectivity index is 1.79. The van der Waals surface area contributed by atoms with Gasteiger partial charge in [0.25, 0.3) is 5.91 Å². The van der Waals surface area contributed by atoms with E-state index in [0.717, 1.165) is 16.0 Å². The van der Waals surface area contributed by atoms with Crippen molar-refractivity contribution in [2.24, 2.45) is 0 Å². The monoisotopic (exact) mass is 554 g/mol. The number of carbonyl (C=O) groups excluding carboxylic acids is 3. The van der Waals surface area contributed by atoms with Crippen molar-refractivity contribution in [3.63, 3.8) is 0 Å². The molecular formula is C29H38N4O5S. The first-order valence-electron chi connectivity index (χ1n) is 12.8. The third-order valence-electron chi connectivity index (χ3n) is 6.35. The van der Waals surface area contributed by atoms with Crippen LogP contribution in [0.3, 0.4) is 0 Å². The number of carbonyl (C=O) groups is 3. The van der Waals surface area contributed by atoms with Gasteiger partial charge in [-0.3, -0.25) is 14.9 Å². The van der Waals surface area contributed by atoms with Crippen LogP contribution in [0.4, 0.5) is 15.5 Å². The summed E-state index contributed by atoms with van der Waals surface area (Å²) in [5.41, 5.74) is 1.44. The van der Waals surface area contributed by atoms with Crippen LogP contribution in [0.25, 0.3) is 0 Å². The molecule has 0 atom stereocenters. The van der Waals surface area contributed by atoms with Gasteiger partial charge in [-0.25, -0.2) is 4.79 Å². The molecule has 2 aromatic rings. The molecule has 0 spiro atoms. The third kappa shape index (κ3) is 7.60. The summed E-state index contributed by atoms with van der Waals surface area (Å²) in [5, 5.41) is 8.96. The van der Waals surface area contributed by atoms with Gasteiger partial charge < -0.3 is 25.0 Å². The van der Waals surface area contributed by atoms with E-state index >= 15 is 0 Å². The number of thiophene rings is 1. The molecule has 9 nitrogen and oxygen atoms in total. The predicted octanol–water partition coefficient (Wildman–Crippen LogP) is 4.36. The highest BCUT2D eigenvalue weighted by molar-refractivity contribution is 7.16. The lowest BCUT2D eigenvalue weighted by atomic mass is 9.93. The van der Waals surface area contributed by atoms with Gasteiger partial charge in [-0.1, -0.05) is 38.7 Å². The first kappa shape index (κ1) is 30.2. The van der Waals surface area contributed by atoms with Crippen LogP contribution in [-0.2, 0) is 19.7 Å². The highest BCUT2D eigenvalue weighted by Crippen LogP contribution is 2.37. The van der Waals surface area contributed by atoms with E-state index in [0.29, 0.717) is 42.6 Å². The predicted molar refractivity (Wildman–Crippen MR) is 155 cm³/mol. The molecule has 210 valence electrons. The highest BCUT2D eigenvalue weighted by atomic mass is 32.1. The highest BCUT2D eigenvalue weighted by Gasteiger charge is 2.42. The van der Waals surface area contributed by atoms with Gasteiger partial charge in [0.1, 0.15) is 17.1 Å². The third-order valence-corrected chi connectivity index (χ3v) is 7.83. The fourth-order valence-electron chi connectivity index (χ4n) is 3.91. The standard InChI is InChI=1S/C29H38N4O5S/c1-19-10-11-21(17-20(19)9-8-14-38-16-15-37-7)31-27(36)32-24-22(18-23(39-24)28(2,3)4)25(34)33-13-12-30-26(35)29(33,5)6/h10-11,17-18H,12-16H2,1-7H3,(H,30,35)(H2,31,32,36). The topological polar surface area (TPSA) is 109 Å². The van der Waals surface area contributed by atoms with E-state index in [1.54, 1.807) is 38.0 Å². The summed E-state index contributed by atoms with van der Waals surface area (Å²) >= 11 is 1.36. The van der Waals surface area contributed by atoms with Gasteiger partial charge in [-0.2, -0.15) is 0 Å². The van der Waals surface area contributed by atoms with Crippen molar-refractivity contribution in [2.45, 2.75) is 52.5 Å². The second-order valence-corrected chi connectivity index (χ2v) is 11.9. The maximum Gasteiger partial charge on any atom is 0.324 e. The van der Waals surface area contributed by atoms with Crippen molar-refractivity contribution in [1.82, 2.24) is 10.2 Å². The summed E-state index contributed by atoms with van der Waals surface area (Å²) in [7, 11) is 1.61. The Morgan fingerprint density at radius 2 is 1.92 bits per heavy atom. The smallest absolute Gasteiger partial charge is 0.324 e. The van der Waals surface area contributed by atoms with E-state index in [4.69, 9.17) is 9.47 Å². The minimum Gasteiger partial charge on any atom is -0.382 e. The SMILES string of the molecule is COCCOCC#Cc1cc(NC(=O)Nc2sc(C(C)(C)C)cc2C(=O)N2CCNC(=O)C2(C)C)ccc1C. The van der Waals surface area contributed by atoms with Crippen molar-refractivity contribution in [2.75, 3.05) is 50.7 Å². The molecule has 0 saturated carbocycles. The molecule has 0 aliphatic carbocycles. The molecular weight excluding hydrogens is 516 g/mol. The van der Waals surface area contributed by atoms with Crippen molar-refractivity contribution in [3.05, 3.63) is 45.8 Å². The van der Waals surface area contributed by atoms with Gasteiger partial charge in [0.2, 0.25) is 5.91 Å². The Labute approximate surface area is 234 Å². The number of methoxy groups -OCH3 is 1. The van der Waals surface area contributed by atoms with Gasteiger partial charge in [-0.05, 0) is 49.9 Å².